The number of anilines is 1. The fraction of sp³-hybridized carbons (Fsp3) is 0.389. The van der Waals surface area contributed by atoms with E-state index in [9.17, 15) is 0 Å². The van der Waals surface area contributed by atoms with E-state index < -0.39 is 5.66 Å². The number of guanidine groups is 2. The van der Waals surface area contributed by atoms with Gasteiger partial charge in [-0.15, -0.1) is 0 Å². The monoisotopic (exact) mass is 322 g/mol. The molecule has 0 amide bonds. The normalized spacial score (nSPS) is 20.1. The van der Waals surface area contributed by atoms with Crippen molar-refractivity contribution in [1.29, 1.82) is 0 Å². The average Bonchev–Trinajstić information content (AvgIpc) is 2.55. The lowest BCUT2D eigenvalue weighted by Crippen LogP contribution is -2.58. The van der Waals surface area contributed by atoms with Crippen LogP contribution in [0.4, 0.5) is 5.69 Å². The summed E-state index contributed by atoms with van der Waals surface area (Å²) in [5, 5.41) is 1.08. The Balaban J connectivity index is 1.93. The molecule has 6 nitrogen and oxygen atoms in total. The van der Waals surface area contributed by atoms with Crippen molar-refractivity contribution in [2.45, 2.75) is 44.7 Å². The number of pyridine rings is 1. The molecule has 4 rings (SSSR count). The number of nitrogens with zero attached hydrogens (tertiary/aromatic N) is 4. The molecule has 2 heterocycles. The average molecular weight is 322 g/mol. The van der Waals surface area contributed by atoms with Crippen molar-refractivity contribution >= 4 is 28.5 Å². The number of hydrogen-bond donors (Lipinski definition) is 2. The molecule has 0 bridgehead atoms. The lowest BCUT2D eigenvalue weighted by Gasteiger charge is -2.45. The Morgan fingerprint density at radius 3 is 2.62 bits per heavy atom. The number of fused-ring (bicyclic) bond motifs is 1. The van der Waals surface area contributed by atoms with Crippen molar-refractivity contribution in [3.8, 4) is 0 Å². The number of aliphatic imine (C=N–C) groups is 2. The first-order chi connectivity index (χ1) is 11.6. The Kier molecular flexibility index (Phi) is 3.40. The third kappa shape index (κ3) is 2.29. The summed E-state index contributed by atoms with van der Waals surface area (Å²) >= 11 is 0. The number of rotatable bonds is 1. The summed E-state index contributed by atoms with van der Waals surface area (Å²) in [5.74, 6) is 0.676. The second-order valence-electron chi connectivity index (χ2n) is 6.62. The number of para-hydroxylation sites is 1. The van der Waals surface area contributed by atoms with E-state index in [4.69, 9.17) is 21.4 Å². The molecule has 0 saturated heterocycles. The zero-order valence-corrected chi connectivity index (χ0v) is 13.9. The van der Waals surface area contributed by atoms with Crippen molar-refractivity contribution in [3.63, 3.8) is 0 Å². The van der Waals surface area contributed by atoms with Crippen LogP contribution in [0.1, 0.15) is 37.8 Å². The molecule has 1 aliphatic carbocycles. The molecule has 1 fully saturated rings. The SMILES string of the molecule is Cc1ccc2cccc(N3C(N)=NC(N)=NC34CCCCC4)c2n1. The Labute approximate surface area is 141 Å². The molecule has 24 heavy (non-hydrogen) atoms. The molecule has 4 N–H and O–H groups in total. The van der Waals surface area contributed by atoms with Gasteiger partial charge in [-0.3, -0.25) is 9.88 Å². The molecule has 0 unspecified atom stereocenters. The van der Waals surface area contributed by atoms with E-state index in [-0.39, 0.29) is 5.96 Å². The topological polar surface area (TPSA) is 92.9 Å². The van der Waals surface area contributed by atoms with Gasteiger partial charge in [-0.2, -0.15) is 4.99 Å². The fourth-order valence-corrected chi connectivity index (χ4v) is 3.88. The highest BCUT2D eigenvalue weighted by Gasteiger charge is 2.43. The molecule has 2 aliphatic rings. The van der Waals surface area contributed by atoms with Gasteiger partial charge < -0.3 is 11.5 Å². The van der Waals surface area contributed by atoms with Crippen LogP contribution in [0.2, 0.25) is 0 Å². The van der Waals surface area contributed by atoms with Crippen molar-refractivity contribution in [1.82, 2.24) is 4.98 Å². The lowest BCUT2D eigenvalue weighted by atomic mass is 9.87. The van der Waals surface area contributed by atoms with E-state index in [1.165, 1.54) is 6.42 Å². The van der Waals surface area contributed by atoms with Gasteiger partial charge in [0.15, 0.2) is 0 Å². The van der Waals surface area contributed by atoms with Crippen molar-refractivity contribution < 1.29 is 0 Å². The number of aromatic nitrogens is 1. The summed E-state index contributed by atoms with van der Waals surface area (Å²) in [6.45, 7) is 2.00. The molecule has 2 aromatic rings. The zero-order valence-electron chi connectivity index (χ0n) is 13.9. The fourth-order valence-electron chi connectivity index (χ4n) is 3.88. The molecule has 1 aromatic carbocycles. The summed E-state index contributed by atoms with van der Waals surface area (Å²) in [6, 6.07) is 10.2. The maximum absolute atomic E-state index is 6.32. The Morgan fingerprint density at radius 1 is 1.04 bits per heavy atom. The predicted octanol–water partition coefficient (Wildman–Crippen LogP) is 2.65. The number of aryl methyl sites for hydroxylation is 1. The van der Waals surface area contributed by atoms with E-state index in [1.54, 1.807) is 0 Å². The van der Waals surface area contributed by atoms with Gasteiger partial charge in [-0.05, 0) is 44.7 Å². The molecule has 1 aliphatic heterocycles. The molecule has 1 spiro atoms. The molecule has 0 atom stereocenters. The van der Waals surface area contributed by atoms with Crippen LogP contribution in [0.25, 0.3) is 10.9 Å². The molecule has 6 heteroatoms. The van der Waals surface area contributed by atoms with Gasteiger partial charge in [0.1, 0.15) is 5.66 Å². The third-order valence-electron chi connectivity index (χ3n) is 4.93. The highest BCUT2D eigenvalue weighted by atomic mass is 15.4. The van der Waals surface area contributed by atoms with Crippen molar-refractivity contribution in [3.05, 3.63) is 36.0 Å². The summed E-state index contributed by atoms with van der Waals surface area (Å²) < 4.78 is 0. The van der Waals surface area contributed by atoms with E-state index in [1.807, 2.05) is 25.1 Å². The Morgan fingerprint density at radius 2 is 1.83 bits per heavy atom. The summed E-state index contributed by atoms with van der Waals surface area (Å²) in [4.78, 5) is 15.8. The van der Waals surface area contributed by atoms with Gasteiger partial charge in [-0.1, -0.05) is 24.6 Å². The van der Waals surface area contributed by atoms with E-state index in [2.05, 4.69) is 22.0 Å². The summed E-state index contributed by atoms with van der Waals surface area (Å²) in [6.07, 6.45) is 5.28. The van der Waals surface area contributed by atoms with Gasteiger partial charge in [0.25, 0.3) is 0 Å². The highest BCUT2D eigenvalue weighted by Crippen LogP contribution is 2.41. The Bertz CT molecular complexity index is 848. The highest BCUT2D eigenvalue weighted by molar-refractivity contribution is 6.09. The lowest BCUT2D eigenvalue weighted by molar-refractivity contribution is 0.306. The quantitative estimate of drug-likeness (QED) is 0.844. The summed E-state index contributed by atoms with van der Waals surface area (Å²) in [7, 11) is 0. The van der Waals surface area contributed by atoms with Crippen LogP contribution < -0.4 is 16.4 Å². The standard InChI is InChI=1S/C18H22N6/c1-12-8-9-13-6-5-7-14(15(13)21-12)24-17(20)22-16(19)23-18(24)10-3-2-4-11-18/h5-9H,2-4,10-11H2,1H3,(H4,19,20,22,23). The molecule has 124 valence electrons. The van der Waals surface area contributed by atoms with Crippen LogP contribution in [-0.4, -0.2) is 22.6 Å². The van der Waals surface area contributed by atoms with Crippen LogP contribution >= 0.6 is 0 Å². The van der Waals surface area contributed by atoms with E-state index >= 15 is 0 Å². The van der Waals surface area contributed by atoms with Crippen LogP contribution in [0, 0.1) is 6.92 Å². The first kappa shape index (κ1) is 14.9. The van der Waals surface area contributed by atoms with Gasteiger partial charge in [-0.25, -0.2) is 4.99 Å². The number of benzene rings is 1. The largest absolute Gasteiger partial charge is 0.369 e. The molecular formula is C18H22N6. The van der Waals surface area contributed by atoms with Crippen molar-refractivity contribution in [2.24, 2.45) is 21.5 Å². The predicted molar refractivity (Wildman–Crippen MR) is 98.0 cm³/mol. The van der Waals surface area contributed by atoms with Crippen LogP contribution in [0.5, 0.6) is 0 Å². The number of nitrogens with two attached hydrogens (primary N) is 2. The second kappa shape index (κ2) is 5.47. The molecular weight excluding hydrogens is 300 g/mol. The maximum atomic E-state index is 6.32. The minimum atomic E-state index is -0.437. The van der Waals surface area contributed by atoms with Crippen LogP contribution in [0.3, 0.4) is 0 Å². The first-order valence-electron chi connectivity index (χ1n) is 8.45. The minimum Gasteiger partial charge on any atom is -0.369 e. The minimum absolute atomic E-state index is 0.273. The molecule has 1 aromatic heterocycles. The van der Waals surface area contributed by atoms with Gasteiger partial charge in [0.2, 0.25) is 11.9 Å². The number of hydrogen-bond acceptors (Lipinski definition) is 6. The smallest absolute Gasteiger partial charge is 0.220 e. The summed E-state index contributed by atoms with van der Waals surface area (Å²) in [5.41, 5.74) is 14.7. The third-order valence-corrected chi connectivity index (χ3v) is 4.93. The zero-order chi connectivity index (χ0) is 16.7. The van der Waals surface area contributed by atoms with Crippen LogP contribution in [-0.2, 0) is 0 Å². The second-order valence-corrected chi connectivity index (χ2v) is 6.62. The maximum Gasteiger partial charge on any atom is 0.220 e. The van der Waals surface area contributed by atoms with Crippen LogP contribution in [0.15, 0.2) is 40.3 Å². The molecule has 0 radical (unpaired) electrons. The first-order valence-corrected chi connectivity index (χ1v) is 8.45. The van der Waals surface area contributed by atoms with E-state index in [0.717, 1.165) is 48.0 Å². The van der Waals surface area contributed by atoms with Crippen molar-refractivity contribution in [2.75, 3.05) is 4.90 Å². The Hall–Kier alpha value is -2.63. The van der Waals surface area contributed by atoms with Gasteiger partial charge in [0.05, 0.1) is 11.2 Å². The molecule has 1 saturated carbocycles. The van der Waals surface area contributed by atoms with Gasteiger partial charge >= 0.3 is 0 Å². The van der Waals surface area contributed by atoms with Gasteiger partial charge in [0, 0.05) is 11.1 Å². The van der Waals surface area contributed by atoms with E-state index in [0.29, 0.717) is 5.96 Å².